The molecule has 0 unspecified atom stereocenters. The number of furan rings is 2. The average molecular weight is 1010 g/mol. The first-order valence-electron chi connectivity index (χ1n) is 21.1. The van der Waals surface area contributed by atoms with Crippen molar-refractivity contribution in [2.75, 3.05) is 35.0 Å². The molecule has 0 aliphatic rings. The molecule has 0 spiro atoms. The maximum atomic E-state index is 15.2. The van der Waals surface area contributed by atoms with Crippen LogP contribution in [0.2, 0.25) is 0 Å². The van der Waals surface area contributed by atoms with E-state index < -0.39 is 35.2 Å². The van der Waals surface area contributed by atoms with Crippen molar-refractivity contribution < 1.29 is 89.1 Å². The summed E-state index contributed by atoms with van der Waals surface area (Å²) >= 11 is 0. The molecule has 10 aromatic rings. The zero-order valence-corrected chi connectivity index (χ0v) is 39.1. The number of aromatic carboxylic acids is 1. The van der Waals surface area contributed by atoms with Gasteiger partial charge in [-0.05, 0) is 67.6 Å². The van der Waals surface area contributed by atoms with E-state index in [4.69, 9.17) is 32.5 Å². The molecule has 2 N–H and O–H groups in total. The van der Waals surface area contributed by atoms with Gasteiger partial charge in [0.2, 0.25) is 23.5 Å². The molecule has 0 aliphatic carbocycles. The van der Waals surface area contributed by atoms with E-state index in [1.165, 1.54) is 105 Å². The van der Waals surface area contributed by atoms with Gasteiger partial charge in [-0.1, -0.05) is 14.9 Å². The molecule has 74 heavy (non-hydrogen) atoms. The molecule has 8 heterocycles. The molecule has 0 atom stereocenters. The second-order valence-electron chi connectivity index (χ2n) is 15.2. The molecular weight excluding hydrogens is 968 g/mol. The van der Waals surface area contributed by atoms with Crippen LogP contribution in [0, 0.1) is 23.3 Å². The largest absolute Gasteiger partial charge is 1.00 e. The number of esters is 1. The second kappa shape index (κ2) is 23.4. The summed E-state index contributed by atoms with van der Waals surface area (Å²) in [6.07, 6.45) is 5.73. The third-order valence-electron chi connectivity index (χ3n) is 11.4. The topological polar surface area (TPSA) is 218 Å². The van der Waals surface area contributed by atoms with Crippen LogP contribution >= 0.6 is 0 Å². The first-order valence-corrected chi connectivity index (χ1v) is 21.1. The summed E-state index contributed by atoms with van der Waals surface area (Å²) in [5.74, 6) is -3.74. The Balaban J connectivity index is 0.000000260. The van der Waals surface area contributed by atoms with Gasteiger partial charge in [-0.15, -0.1) is 0 Å². The van der Waals surface area contributed by atoms with E-state index in [1.54, 1.807) is 37.4 Å². The smallest absolute Gasteiger partial charge is 0.870 e. The first kappa shape index (κ1) is 56.5. The van der Waals surface area contributed by atoms with Gasteiger partial charge in [0, 0.05) is 46.8 Å². The Bertz CT molecular complexity index is 3670. The number of ether oxygens (including phenoxy) is 5. The van der Waals surface area contributed by atoms with E-state index in [-0.39, 0.29) is 144 Å². The van der Waals surface area contributed by atoms with Crippen LogP contribution in [0.25, 0.3) is 66.0 Å². The van der Waals surface area contributed by atoms with Crippen molar-refractivity contribution in [2.45, 2.75) is 34.9 Å². The fourth-order valence-corrected chi connectivity index (χ4v) is 8.46. The molecule has 0 radical (unpaired) electrons. The van der Waals surface area contributed by atoms with E-state index in [1.807, 2.05) is 0 Å². The molecule has 0 saturated carbocycles. The summed E-state index contributed by atoms with van der Waals surface area (Å²) in [4.78, 5) is 42.8. The number of hydrogen-bond donors (Lipinski definition) is 1. The number of benzene rings is 2. The Kier molecular flexibility index (Phi) is 17.9. The Labute approximate surface area is 431 Å². The van der Waals surface area contributed by atoms with Crippen molar-refractivity contribution in [3.8, 4) is 45.8 Å². The maximum Gasteiger partial charge on any atom is 1.00 e. The van der Waals surface area contributed by atoms with E-state index >= 15 is 4.39 Å². The van der Waals surface area contributed by atoms with E-state index in [2.05, 4.69) is 19.9 Å². The molecular formula is C52H47F4LiN6O11. The van der Waals surface area contributed by atoms with Crippen molar-refractivity contribution in [3.05, 3.63) is 144 Å². The van der Waals surface area contributed by atoms with E-state index in [0.29, 0.717) is 27.5 Å². The summed E-state index contributed by atoms with van der Waals surface area (Å²) in [5.41, 5.74) is 1.93. The number of carbonyl (C=O) groups is 2. The number of methoxy groups -OCH3 is 4. The number of rotatable bonds is 13. The zero-order valence-electron chi connectivity index (χ0n) is 39.1. The number of pyridine rings is 4. The predicted octanol–water partition coefficient (Wildman–Crippen LogP) is 8.35. The molecule has 380 valence electrons. The predicted molar refractivity (Wildman–Crippen MR) is 261 cm³/mol. The minimum Gasteiger partial charge on any atom is -0.870 e. The third kappa shape index (κ3) is 9.91. The van der Waals surface area contributed by atoms with E-state index in [9.17, 15) is 27.9 Å². The number of carboxylic acids is 1. The monoisotopic (exact) mass is 1010 g/mol. The van der Waals surface area contributed by atoms with Gasteiger partial charge in [0.15, 0.2) is 0 Å². The van der Waals surface area contributed by atoms with Crippen LogP contribution in [0.1, 0.15) is 54.1 Å². The summed E-state index contributed by atoms with van der Waals surface area (Å²) in [6.45, 7) is 1.22. The number of aromatic nitrogens is 6. The van der Waals surface area contributed by atoms with Crippen molar-refractivity contribution in [2.24, 2.45) is 0 Å². The maximum absolute atomic E-state index is 15.2. The fraction of sp³-hybridized carbons (Fsp3) is 0.192. The van der Waals surface area contributed by atoms with Crippen LogP contribution in [-0.2, 0) is 17.8 Å². The molecule has 0 aliphatic heterocycles. The number of carboxylic acid groups (broad SMARTS) is 1. The number of halogens is 4. The van der Waals surface area contributed by atoms with Crippen molar-refractivity contribution in [1.29, 1.82) is 0 Å². The van der Waals surface area contributed by atoms with E-state index in [0.717, 1.165) is 0 Å². The van der Waals surface area contributed by atoms with Gasteiger partial charge >= 0.3 is 30.8 Å². The number of nitrogens with zero attached hydrogens (tertiary/aromatic N) is 6. The Morgan fingerprint density at radius 3 is 1.46 bits per heavy atom. The van der Waals surface area contributed by atoms with Gasteiger partial charge < -0.3 is 52.2 Å². The Morgan fingerprint density at radius 1 is 0.622 bits per heavy atom. The summed E-state index contributed by atoms with van der Waals surface area (Å²) in [7, 11) is 5.65. The number of fused-ring (bicyclic) bond motifs is 6. The van der Waals surface area contributed by atoms with Gasteiger partial charge in [-0.3, -0.25) is 0 Å². The van der Waals surface area contributed by atoms with Crippen LogP contribution in [0.15, 0.2) is 107 Å². The summed E-state index contributed by atoms with van der Waals surface area (Å²) in [5, 5.41) is 11.4. The fourth-order valence-electron chi connectivity index (χ4n) is 8.46. The van der Waals surface area contributed by atoms with Crippen LogP contribution in [0.4, 0.5) is 17.6 Å². The molecule has 0 bridgehead atoms. The SMILES string of the molecule is C.C.CCOC(=O)c1c(-c2cccnc2OC)c2c3occc3c(F)cc2n1Cc1nc(OC)ccc1F.COc1ccc(F)c(Cn2c(C(=O)O)c(-c3cccnc3OC)c3c4occc4c(F)cc32)n1.[Li+].[OH-]. The van der Waals surface area contributed by atoms with Gasteiger partial charge in [0.1, 0.15) is 45.8 Å². The molecule has 8 aromatic heterocycles. The molecule has 0 saturated heterocycles. The molecule has 0 amide bonds. The quantitative estimate of drug-likeness (QED) is 0.0652. The van der Waals surface area contributed by atoms with Crippen molar-refractivity contribution >= 4 is 55.7 Å². The Hall–Kier alpha value is -8.38. The minimum absolute atomic E-state index is 0. The summed E-state index contributed by atoms with van der Waals surface area (Å²) < 4.78 is 100. The molecule has 17 nitrogen and oxygen atoms in total. The van der Waals surface area contributed by atoms with Crippen LogP contribution < -0.4 is 37.8 Å². The number of hydrogen-bond acceptors (Lipinski definition) is 14. The van der Waals surface area contributed by atoms with Gasteiger partial charge in [-0.25, -0.2) is 47.1 Å². The standard InChI is InChI=1S/C26H21F2N3O5.C24H17F2N3O5.2CH4.Li.H2O/c1-4-35-26(32)23-21(15-6-5-10-29-25(15)34-3)22-19(12-17(28)14-9-11-36-24(14)22)31(23)13-18-16(27)7-8-20(30-18)33-2;1-32-18-6-5-14(25)16(28-18)11-29-17-10-15(26)12-7-9-34-22(12)20(17)19(21(29)24(30)31)13-4-3-8-27-23(13)33-2;;;;/h5-12H,4,13H2,1-3H3;3-10H,11H2,1-2H3,(H,30,31);2*1H4;;1H2/q;;;;+1;/p-1. The van der Waals surface area contributed by atoms with Gasteiger partial charge in [0.05, 0.1) is 105 Å². The van der Waals surface area contributed by atoms with Crippen LogP contribution in [0.3, 0.4) is 0 Å². The zero-order chi connectivity index (χ0) is 49.4. The number of carbonyl (C=O) groups excluding carboxylic acids is 1. The first-order chi connectivity index (χ1) is 33.9. The van der Waals surface area contributed by atoms with Crippen LogP contribution in [-0.4, -0.2) is 86.6 Å². The Morgan fingerprint density at radius 2 is 1.05 bits per heavy atom. The molecule has 2 aromatic carbocycles. The van der Waals surface area contributed by atoms with Crippen molar-refractivity contribution in [3.63, 3.8) is 0 Å². The molecule has 22 heteroatoms. The van der Waals surface area contributed by atoms with Crippen LogP contribution in [0.5, 0.6) is 23.5 Å². The average Bonchev–Trinajstić information content (AvgIpc) is 4.18. The third-order valence-corrected chi connectivity index (χ3v) is 11.4. The molecule has 0 fully saturated rings. The van der Waals surface area contributed by atoms with Crippen molar-refractivity contribution in [1.82, 2.24) is 29.1 Å². The van der Waals surface area contributed by atoms with Gasteiger partial charge in [-0.2, -0.15) is 0 Å². The minimum atomic E-state index is -1.32. The second-order valence-corrected chi connectivity index (χ2v) is 15.2. The normalized spacial score (nSPS) is 10.7. The van der Waals surface area contributed by atoms with Gasteiger partial charge in [0.25, 0.3) is 0 Å². The molecule has 10 rings (SSSR count). The summed E-state index contributed by atoms with van der Waals surface area (Å²) in [6, 6.07) is 17.2.